The van der Waals surface area contributed by atoms with Gasteiger partial charge in [-0.1, -0.05) is 29.0 Å². The van der Waals surface area contributed by atoms with Crippen molar-refractivity contribution in [1.29, 1.82) is 0 Å². The highest BCUT2D eigenvalue weighted by molar-refractivity contribution is 7.98. The van der Waals surface area contributed by atoms with Crippen molar-refractivity contribution < 1.29 is 4.79 Å². The highest BCUT2D eigenvalue weighted by Crippen LogP contribution is 2.22. The lowest BCUT2D eigenvalue weighted by atomic mass is 10.3. The maximum Gasteiger partial charge on any atom is 0.272 e. The first-order chi connectivity index (χ1) is 11.7. The van der Waals surface area contributed by atoms with E-state index in [1.165, 1.54) is 17.4 Å². The number of halogens is 1. The predicted octanol–water partition coefficient (Wildman–Crippen LogP) is 4.92. The zero-order valence-electron chi connectivity index (χ0n) is 12.9. The van der Waals surface area contributed by atoms with E-state index in [2.05, 4.69) is 15.8 Å². The van der Waals surface area contributed by atoms with Crippen LogP contribution >= 0.6 is 46.0 Å². The van der Waals surface area contributed by atoms with Crippen LogP contribution < -0.4 is 4.80 Å². The number of nitrogens with zero attached hydrogens (tertiary/aromatic N) is 2. The second kappa shape index (κ2) is 8.16. The molecule has 2 aromatic heterocycles. The van der Waals surface area contributed by atoms with Crippen molar-refractivity contribution in [3.63, 3.8) is 0 Å². The summed E-state index contributed by atoms with van der Waals surface area (Å²) in [4.78, 5) is 18.2. The molecule has 3 rings (SSSR count). The fourth-order valence-corrected chi connectivity index (χ4v) is 4.52. The number of aryl methyl sites for hydroxylation is 1. The molecule has 3 aromatic rings. The fourth-order valence-electron chi connectivity index (χ4n) is 2.20. The van der Waals surface area contributed by atoms with Gasteiger partial charge in [0.25, 0.3) is 5.91 Å². The van der Waals surface area contributed by atoms with Gasteiger partial charge >= 0.3 is 0 Å². The van der Waals surface area contributed by atoms with Crippen molar-refractivity contribution in [2.45, 2.75) is 6.54 Å². The van der Waals surface area contributed by atoms with Crippen LogP contribution in [0, 0.1) is 0 Å². The van der Waals surface area contributed by atoms with Gasteiger partial charge in [0.2, 0.25) is 0 Å². The average molecular weight is 395 g/mol. The quantitative estimate of drug-likeness (QED) is 0.575. The van der Waals surface area contributed by atoms with E-state index in [9.17, 15) is 4.79 Å². The van der Waals surface area contributed by atoms with E-state index in [-0.39, 0.29) is 5.91 Å². The summed E-state index contributed by atoms with van der Waals surface area (Å²) in [6, 6.07) is 9.70. The van der Waals surface area contributed by atoms with Crippen molar-refractivity contribution in [2.24, 2.45) is 4.99 Å². The number of thioether (sulfide) groups is 1. The maximum absolute atomic E-state index is 12.2. The van der Waals surface area contributed by atoms with Crippen molar-refractivity contribution in [1.82, 2.24) is 4.57 Å². The Morgan fingerprint density at radius 1 is 1.42 bits per heavy atom. The summed E-state index contributed by atoms with van der Waals surface area (Å²) in [5, 5.41) is 2.67. The number of aromatic nitrogens is 1. The Kier molecular flexibility index (Phi) is 5.94. The molecule has 0 fully saturated rings. The molecule has 7 heteroatoms. The molecule has 0 bridgehead atoms. The van der Waals surface area contributed by atoms with E-state index in [1.807, 2.05) is 35.7 Å². The number of amides is 1. The molecule has 0 spiro atoms. The van der Waals surface area contributed by atoms with E-state index < -0.39 is 0 Å². The average Bonchev–Trinajstić information content (AvgIpc) is 3.18. The zero-order chi connectivity index (χ0) is 16.9. The Morgan fingerprint density at radius 2 is 2.29 bits per heavy atom. The van der Waals surface area contributed by atoms with Gasteiger partial charge in [-0.25, -0.2) is 0 Å². The van der Waals surface area contributed by atoms with Crippen LogP contribution in [-0.4, -0.2) is 22.5 Å². The fraction of sp³-hybridized carbons (Fsp3) is 0.176. The van der Waals surface area contributed by atoms with E-state index in [0.29, 0.717) is 9.82 Å². The molecule has 1 amide bonds. The van der Waals surface area contributed by atoms with Gasteiger partial charge < -0.3 is 4.57 Å². The number of fused-ring (bicyclic) bond motifs is 1. The van der Waals surface area contributed by atoms with Crippen LogP contribution in [0.15, 0.2) is 46.8 Å². The third kappa shape index (κ3) is 4.19. The van der Waals surface area contributed by atoms with Gasteiger partial charge in [-0.3, -0.25) is 4.79 Å². The van der Waals surface area contributed by atoms with E-state index in [1.54, 1.807) is 29.2 Å². The van der Waals surface area contributed by atoms with Crippen LogP contribution in [0.25, 0.3) is 16.3 Å². The van der Waals surface area contributed by atoms with Gasteiger partial charge in [0.1, 0.15) is 0 Å². The van der Waals surface area contributed by atoms with Gasteiger partial charge in [0, 0.05) is 28.3 Å². The number of hydrogen-bond acceptors (Lipinski definition) is 4. The number of carbonyl (C=O) groups is 1. The summed E-state index contributed by atoms with van der Waals surface area (Å²) < 4.78 is 3.13. The van der Waals surface area contributed by atoms with Crippen LogP contribution in [0.2, 0.25) is 5.02 Å². The molecule has 24 heavy (non-hydrogen) atoms. The molecule has 0 aliphatic rings. The summed E-state index contributed by atoms with van der Waals surface area (Å²) in [5.74, 6) is 0.708. The Bertz CT molecular complexity index is 939. The first kappa shape index (κ1) is 17.5. The molecule has 0 saturated carbocycles. The standard InChI is InChI=1S/C17H15ClN2OS3/c1-22-10-8-20-14-6-4-12(18)11-15(14)24-17(20)19-16(21)7-5-13-3-2-9-23-13/h2-7,9,11H,8,10H2,1H3/b7-5+,19-17?. The predicted molar refractivity (Wildman–Crippen MR) is 107 cm³/mol. The number of carbonyl (C=O) groups excluding carboxylic acids is 1. The Hall–Kier alpha value is -1.34. The Morgan fingerprint density at radius 3 is 3.04 bits per heavy atom. The summed E-state index contributed by atoms with van der Waals surface area (Å²) in [6.45, 7) is 0.809. The largest absolute Gasteiger partial charge is 0.316 e. The lowest BCUT2D eigenvalue weighted by Crippen LogP contribution is -2.17. The molecule has 0 unspecified atom stereocenters. The second-order valence-corrected chi connectivity index (χ2v) is 8.35. The normalized spacial score (nSPS) is 12.5. The second-order valence-electron chi connectivity index (χ2n) is 4.94. The topological polar surface area (TPSA) is 34.4 Å². The first-order valence-electron chi connectivity index (χ1n) is 7.25. The zero-order valence-corrected chi connectivity index (χ0v) is 16.1. The number of thiophene rings is 1. The van der Waals surface area contributed by atoms with E-state index >= 15 is 0 Å². The van der Waals surface area contributed by atoms with Crippen LogP contribution in [0.5, 0.6) is 0 Å². The molecule has 1 aromatic carbocycles. The molecule has 0 N–H and O–H groups in total. The summed E-state index contributed by atoms with van der Waals surface area (Å²) in [7, 11) is 0. The molecule has 0 aliphatic carbocycles. The number of benzene rings is 1. The molecular formula is C17H15ClN2OS3. The van der Waals surface area contributed by atoms with Gasteiger partial charge in [0.15, 0.2) is 4.80 Å². The lowest BCUT2D eigenvalue weighted by molar-refractivity contribution is -0.113. The minimum atomic E-state index is -0.251. The monoisotopic (exact) mass is 394 g/mol. The highest BCUT2D eigenvalue weighted by Gasteiger charge is 2.07. The number of thiazole rings is 1. The van der Waals surface area contributed by atoms with E-state index in [4.69, 9.17) is 11.6 Å². The van der Waals surface area contributed by atoms with Gasteiger partial charge in [-0.05, 0) is 42.0 Å². The smallest absolute Gasteiger partial charge is 0.272 e. The van der Waals surface area contributed by atoms with Gasteiger partial charge in [0.05, 0.1) is 10.2 Å². The van der Waals surface area contributed by atoms with E-state index in [0.717, 1.165) is 27.4 Å². The van der Waals surface area contributed by atoms with Crippen molar-refractivity contribution >= 4 is 68.2 Å². The Labute approximate surface area is 157 Å². The molecule has 3 nitrogen and oxygen atoms in total. The molecule has 124 valence electrons. The SMILES string of the molecule is CSCCn1c(=NC(=O)/C=C/c2cccs2)sc2cc(Cl)ccc21. The third-order valence-electron chi connectivity index (χ3n) is 3.30. The third-order valence-corrected chi connectivity index (χ3v) is 6.01. The molecule has 0 radical (unpaired) electrons. The lowest BCUT2D eigenvalue weighted by Gasteiger charge is -2.03. The van der Waals surface area contributed by atoms with Gasteiger partial charge in [-0.15, -0.1) is 11.3 Å². The Balaban J connectivity index is 1.98. The maximum atomic E-state index is 12.2. The molecular weight excluding hydrogens is 380 g/mol. The minimum Gasteiger partial charge on any atom is -0.316 e. The number of hydrogen-bond donors (Lipinski definition) is 0. The number of rotatable bonds is 5. The summed E-state index contributed by atoms with van der Waals surface area (Å²) in [6.07, 6.45) is 5.38. The minimum absolute atomic E-state index is 0.251. The summed E-state index contributed by atoms with van der Waals surface area (Å²) >= 11 is 10.9. The van der Waals surface area contributed by atoms with Crippen molar-refractivity contribution in [2.75, 3.05) is 12.0 Å². The molecule has 0 aliphatic heterocycles. The summed E-state index contributed by atoms with van der Waals surface area (Å²) in [5.41, 5.74) is 1.06. The van der Waals surface area contributed by atoms with Crippen molar-refractivity contribution in [3.05, 3.63) is 56.5 Å². The molecule has 0 atom stereocenters. The van der Waals surface area contributed by atoms with Crippen LogP contribution in [-0.2, 0) is 11.3 Å². The molecule has 0 saturated heterocycles. The van der Waals surface area contributed by atoms with Crippen LogP contribution in [0.4, 0.5) is 0 Å². The first-order valence-corrected chi connectivity index (χ1v) is 10.7. The van der Waals surface area contributed by atoms with Gasteiger partial charge in [-0.2, -0.15) is 16.8 Å². The molecule has 2 heterocycles. The van der Waals surface area contributed by atoms with Crippen molar-refractivity contribution in [3.8, 4) is 0 Å². The highest BCUT2D eigenvalue weighted by atomic mass is 35.5. The van der Waals surface area contributed by atoms with Crippen LogP contribution in [0.1, 0.15) is 4.88 Å². The van der Waals surface area contributed by atoms with Crippen LogP contribution in [0.3, 0.4) is 0 Å².